The number of hydrogen-bond donors (Lipinski definition) is 1. The molecule has 1 aromatic heterocycles. The zero-order valence-corrected chi connectivity index (χ0v) is 11.9. The number of fused-ring (bicyclic) bond motifs is 1. The van der Waals surface area contributed by atoms with Crippen molar-refractivity contribution in [2.45, 2.75) is 13.0 Å². The minimum atomic E-state index is -0.480. The summed E-state index contributed by atoms with van der Waals surface area (Å²) >= 11 is 0. The summed E-state index contributed by atoms with van der Waals surface area (Å²) in [5, 5.41) is 9.62. The Hall–Kier alpha value is -3.13. The first-order valence-corrected chi connectivity index (χ1v) is 6.84. The van der Waals surface area contributed by atoms with Crippen LogP contribution in [0.1, 0.15) is 24.4 Å². The number of H-pyrrole nitrogens is 1. The molecule has 0 aliphatic heterocycles. The lowest BCUT2D eigenvalue weighted by atomic mass is 10.2. The first-order valence-electron chi connectivity index (χ1n) is 6.84. The predicted octanol–water partition coefficient (Wildman–Crippen LogP) is 2.93. The molecule has 0 spiro atoms. The number of para-hydroxylation sites is 2. The molecule has 5 heteroatoms. The second-order valence-corrected chi connectivity index (χ2v) is 4.84. The summed E-state index contributed by atoms with van der Waals surface area (Å²) in [6.45, 7) is 1.78. The quantitative estimate of drug-likeness (QED) is 0.804. The summed E-state index contributed by atoms with van der Waals surface area (Å²) in [5.74, 6) is 0.893. The Morgan fingerprint density at radius 2 is 1.91 bits per heavy atom. The van der Waals surface area contributed by atoms with Crippen LogP contribution in [0.4, 0.5) is 0 Å². The summed E-state index contributed by atoms with van der Waals surface area (Å²) in [6, 6.07) is 16.2. The minimum Gasteiger partial charge on any atom is -0.481 e. The standard InChI is InChI=1S/C17H13N3O2/c1-11(22-15-9-5-2-6-12(15)10-18)16-19-14-8-4-3-7-13(14)17(21)20-16/h2-9,11H,1H3,(H,19,20,21). The van der Waals surface area contributed by atoms with Crippen LogP contribution < -0.4 is 10.3 Å². The van der Waals surface area contributed by atoms with Gasteiger partial charge in [0.15, 0.2) is 11.9 Å². The molecule has 22 heavy (non-hydrogen) atoms. The first kappa shape index (κ1) is 13.8. The highest BCUT2D eigenvalue weighted by molar-refractivity contribution is 5.77. The molecule has 0 radical (unpaired) electrons. The molecule has 0 aliphatic carbocycles. The van der Waals surface area contributed by atoms with Crippen LogP contribution >= 0.6 is 0 Å². The number of nitrogens with one attached hydrogen (secondary N) is 1. The largest absolute Gasteiger partial charge is 0.481 e. The van der Waals surface area contributed by atoms with E-state index in [0.717, 1.165) is 0 Å². The van der Waals surface area contributed by atoms with E-state index in [1.807, 2.05) is 6.07 Å². The van der Waals surface area contributed by atoms with E-state index < -0.39 is 6.10 Å². The van der Waals surface area contributed by atoms with Crippen molar-refractivity contribution in [1.82, 2.24) is 9.97 Å². The second-order valence-electron chi connectivity index (χ2n) is 4.84. The maximum Gasteiger partial charge on any atom is 0.258 e. The normalized spacial score (nSPS) is 11.8. The van der Waals surface area contributed by atoms with Crippen LogP contribution in [0.3, 0.4) is 0 Å². The lowest BCUT2D eigenvalue weighted by Gasteiger charge is -2.15. The highest BCUT2D eigenvalue weighted by atomic mass is 16.5. The van der Waals surface area contributed by atoms with Gasteiger partial charge in [0.25, 0.3) is 5.56 Å². The molecule has 0 amide bonds. The smallest absolute Gasteiger partial charge is 0.258 e. The van der Waals surface area contributed by atoms with E-state index in [1.165, 1.54) is 0 Å². The summed E-state index contributed by atoms with van der Waals surface area (Å²) in [5.41, 5.74) is 0.854. The maximum atomic E-state index is 12.1. The highest BCUT2D eigenvalue weighted by Gasteiger charge is 2.14. The minimum absolute atomic E-state index is 0.204. The van der Waals surface area contributed by atoms with Gasteiger partial charge in [0.2, 0.25) is 0 Å². The predicted molar refractivity (Wildman–Crippen MR) is 82.6 cm³/mol. The first-order chi connectivity index (χ1) is 10.7. The number of aromatic amines is 1. The zero-order valence-electron chi connectivity index (χ0n) is 11.9. The third-order valence-electron chi connectivity index (χ3n) is 3.33. The van der Waals surface area contributed by atoms with E-state index in [1.54, 1.807) is 49.4 Å². The SMILES string of the molecule is CC(Oc1ccccc1C#N)c1nc2ccccc2c(=O)[nH]1. The molecule has 1 N–H and O–H groups in total. The van der Waals surface area contributed by atoms with Gasteiger partial charge in [0.05, 0.1) is 16.5 Å². The van der Waals surface area contributed by atoms with Gasteiger partial charge in [-0.2, -0.15) is 5.26 Å². The molecule has 1 heterocycles. The molecule has 0 saturated heterocycles. The number of aromatic nitrogens is 2. The van der Waals surface area contributed by atoms with Crippen molar-refractivity contribution in [2.75, 3.05) is 0 Å². The average Bonchev–Trinajstić information content (AvgIpc) is 2.55. The molecule has 3 aromatic rings. The molecule has 1 atom stereocenters. The monoisotopic (exact) mass is 291 g/mol. The van der Waals surface area contributed by atoms with E-state index in [2.05, 4.69) is 16.0 Å². The van der Waals surface area contributed by atoms with E-state index in [-0.39, 0.29) is 5.56 Å². The summed E-state index contributed by atoms with van der Waals surface area (Å²) < 4.78 is 5.77. The third-order valence-corrected chi connectivity index (χ3v) is 3.33. The Morgan fingerprint density at radius 1 is 1.18 bits per heavy atom. The van der Waals surface area contributed by atoms with Crippen LogP contribution in [0.15, 0.2) is 53.3 Å². The van der Waals surface area contributed by atoms with Crippen LogP contribution in [-0.4, -0.2) is 9.97 Å². The molecule has 0 aliphatic rings. The van der Waals surface area contributed by atoms with E-state index in [0.29, 0.717) is 28.0 Å². The van der Waals surface area contributed by atoms with Gasteiger partial charge in [-0.3, -0.25) is 4.79 Å². The number of ether oxygens (including phenoxy) is 1. The third kappa shape index (κ3) is 2.54. The van der Waals surface area contributed by atoms with E-state index in [4.69, 9.17) is 10.00 Å². The second kappa shape index (κ2) is 5.70. The summed E-state index contributed by atoms with van der Waals surface area (Å²) in [4.78, 5) is 19.2. The Kier molecular flexibility index (Phi) is 3.58. The summed E-state index contributed by atoms with van der Waals surface area (Å²) in [7, 11) is 0. The molecule has 0 fully saturated rings. The van der Waals surface area contributed by atoms with Gasteiger partial charge in [-0.05, 0) is 31.2 Å². The van der Waals surface area contributed by atoms with Gasteiger partial charge in [-0.25, -0.2) is 4.98 Å². The molecular formula is C17H13N3O2. The number of nitriles is 1. The molecular weight excluding hydrogens is 278 g/mol. The van der Waals surface area contributed by atoms with Crippen molar-refractivity contribution < 1.29 is 4.74 Å². The topological polar surface area (TPSA) is 78.8 Å². The lowest BCUT2D eigenvalue weighted by molar-refractivity contribution is 0.216. The van der Waals surface area contributed by atoms with Gasteiger partial charge in [-0.1, -0.05) is 24.3 Å². The fraction of sp³-hybridized carbons (Fsp3) is 0.118. The Balaban J connectivity index is 1.97. The Morgan fingerprint density at radius 3 is 2.73 bits per heavy atom. The van der Waals surface area contributed by atoms with Crippen molar-refractivity contribution in [3.63, 3.8) is 0 Å². The number of nitrogens with zero attached hydrogens (tertiary/aromatic N) is 2. The molecule has 2 aromatic carbocycles. The van der Waals surface area contributed by atoms with Gasteiger partial charge in [0.1, 0.15) is 11.8 Å². The van der Waals surface area contributed by atoms with Crippen molar-refractivity contribution >= 4 is 10.9 Å². The van der Waals surface area contributed by atoms with Crippen molar-refractivity contribution in [2.24, 2.45) is 0 Å². The summed E-state index contributed by atoms with van der Waals surface area (Å²) in [6.07, 6.45) is -0.480. The maximum absolute atomic E-state index is 12.1. The van der Waals surface area contributed by atoms with Crippen molar-refractivity contribution in [3.8, 4) is 11.8 Å². The van der Waals surface area contributed by atoms with Crippen LogP contribution in [-0.2, 0) is 0 Å². The van der Waals surface area contributed by atoms with Crippen LogP contribution in [0, 0.1) is 11.3 Å². The molecule has 108 valence electrons. The fourth-order valence-corrected chi connectivity index (χ4v) is 2.21. The van der Waals surface area contributed by atoms with Crippen molar-refractivity contribution in [3.05, 3.63) is 70.3 Å². The van der Waals surface area contributed by atoms with Gasteiger partial charge < -0.3 is 9.72 Å². The number of rotatable bonds is 3. The Bertz CT molecular complexity index is 925. The van der Waals surface area contributed by atoms with E-state index in [9.17, 15) is 4.79 Å². The number of hydrogen-bond acceptors (Lipinski definition) is 4. The zero-order chi connectivity index (χ0) is 15.5. The molecule has 5 nitrogen and oxygen atoms in total. The van der Waals surface area contributed by atoms with Crippen LogP contribution in [0.5, 0.6) is 5.75 Å². The van der Waals surface area contributed by atoms with Crippen molar-refractivity contribution in [1.29, 1.82) is 5.26 Å². The number of benzene rings is 2. The molecule has 3 rings (SSSR count). The van der Waals surface area contributed by atoms with Gasteiger partial charge in [0, 0.05) is 0 Å². The Labute approximate surface area is 126 Å². The van der Waals surface area contributed by atoms with Crippen LogP contribution in [0.2, 0.25) is 0 Å². The lowest BCUT2D eigenvalue weighted by Crippen LogP contribution is -2.16. The fourth-order valence-electron chi connectivity index (χ4n) is 2.21. The molecule has 1 unspecified atom stereocenters. The average molecular weight is 291 g/mol. The van der Waals surface area contributed by atoms with E-state index >= 15 is 0 Å². The van der Waals surface area contributed by atoms with Gasteiger partial charge >= 0.3 is 0 Å². The molecule has 0 saturated carbocycles. The van der Waals surface area contributed by atoms with Gasteiger partial charge in [-0.15, -0.1) is 0 Å². The highest BCUT2D eigenvalue weighted by Crippen LogP contribution is 2.23. The molecule has 0 bridgehead atoms. The van der Waals surface area contributed by atoms with Crippen LogP contribution in [0.25, 0.3) is 10.9 Å².